The van der Waals surface area contributed by atoms with Crippen molar-refractivity contribution in [2.24, 2.45) is 7.05 Å². The number of rotatable bonds is 4. The summed E-state index contributed by atoms with van der Waals surface area (Å²) in [5, 5.41) is 2.78. The van der Waals surface area contributed by atoms with Crippen LogP contribution in [0, 0.1) is 0 Å². The number of benzene rings is 2. The molecule has 0 spiro atoms. The van der Waals surface area contributed by atoms with E-state index < -0.39 is 5.76 Å². The molecule has 0 unspecified atom stereocenters. The molecule has 0 bridgehead atoms. The predicted octanol–water partition coefficient (Wildman–Crippen LogP) is 2.40. The van der Waals surface area contributed by atoms with E-state index in [0.717, 1.165) is 0 Å². The van der Waals surface area contributed by atoms with Gasteiger partial charge in [0.1, 0.15) is 11.5 Å². The summed E-state index contributed by atoms with van der Waals surface area (Å²) >= 11 is 0. The Balaban J connectivity index is 1.95. The van der Waals surface area contributed by atoms with Gasteiger partial charge in [0, 0.05) is 18.7 Å². The Morgan fingerprint density at radius 3 is 2.62 bits per heavy atom. The maximum Gasteiger partial charge on any atom is 0.419 e. The SMILES string of the molecule is COc1ccc(OC)c(NC(=O)c2ccc3oc(=O)n(C)c3c2)c1. The predicted molar refractivity (Wildman–Crippen MR) is 89.0 cm³/mol. The van der Waals surface area contributed by atoms with Crippen molar-refractivity contribution < 1.29 is 18.7 Å². The molecule has 1 amide bonds. The number of aryl methyl sites for hydroxylation is 1. The summed E-state index contributed by atoms with van der Waals surface area (Å²) in [6, 6.07) is 9.89. The monoisotopic (exact) mass is 328 g/mol. The van der Waals surface area contributed by atoms with E-state index in [1.165, 1.54) is 11.7 Å². The standard InChI is InChI=1S/C17H16N2O5/c1-19-13-8-10(4-6-15(13)24-17(19)21)16(20)18-12-9-11(22-2)5-7-14(12)23-3/h4-9H,1-3H3,(H,18,20). The summed E-state index contributed by atoms with van der Waals surface area (Å²) in [5.41, 5.74) is 1.86. The first kappa shape index (κ1) is 15.7. The molecule has 24 heavy (non-hydrogen) atoms. The Morgan fingerprint density at radius 2 is 1.92 bits per heavy atom. The lowest BCUT2D eigenvalue weighted by Crippen LogP contribution is -2.13. The number of aromatic nitrogens is 1. The van der Waals surface area contributed by atoms with Crippen LogP contribution in [0.25, 0.3) is 11.1 Å². The average molecular weight is 328 g/mol. The minimum atomic E-state index is -0.475. The van der Waals surface area contributed by atoms with Crippen LogP contribution in [0.5, 0.6) is 11.5 Å². The van der Waals surface area contributed by atoms with E-state index in [2.05, 4.69) is 5.32 Å². The van der Waals surface area contributed by atoms with E-state index in [1.807, 2.05) is 0 Å². The van der Waals surface area contributed by atoms with Crippen LogP contribution in [0.3, 0.4) is 0 Å². The molecule has 3 aromatic rings. The van der Waals surface area contributed by atoms with E-state index >= 15 is 0 Å². The normalized spacial score (nSPS) is 10.6. The number of amides is 1. The van der Waals surface area contributed by atoms with Gasteiger partial charge in [-0.05, 0) is 30.3 Å². The number of hydrogen-bond donors (Lipinski definition) is 1. The fourth-order valence-corrected chi connectivity index (χ4v) is 2.37. The van der Waals surface area contributed by atoms with Crippen LogP contribution in [-0.2, 0) is 7.05 Å². The summed E-state index contributed by atoms with van der Waals surface area (Å²) in [7, 11) is 4.65. The van der Waals surface area contributed by atoms with E-state index in [9.17, 15) is 9.59 Å². The molecule has 0 saturated carbocycles. The highest BCUT2D eigenvalue weighted by atomic mass is 16.5. The lowest BCUT2D eigenvalue weighted by atomic mass is 10.2. The first-order chi connectivity index (χ1) is 11.5. The molecule has 0 aliphatic carbocycles. The van der Waals surface area contributed by atoms with E-state index in [-0.39, 0.29) is 5.91 Å². The first-order valence-electron chi connectivity index (χ1n) is 7.16. The van der Waals surface area contributed by atoms with Gasteiger partial charge >= 0.3 is 5.76 Å². The third-order valence-electron chi connectivity index (χ3n) is 3.71. The molecule has 0 aliphatic heterocycles. The summed E-state index contributed by atoms with van der Waals surface area (Å²) in [6.45, 7) is 0. The highest BCUT2D eigenvalue weighted by Gasteiger charge is 2.14. The quantitative estimate of drug-likeness (QED) is 0.795. The molecular weight excluding hydrogens is 312 g/mol. The minimum absolute atomic E-state index is 0.336. The van der Waals surface area contributed by atoms with Crippen LogP contribution in [0.2, 0.25) is 0 Å². The van der Waals surface area contributed by atoms with Gasteiger partial charge in [0.15, 0.2) is 5.58 Å². The molecule has 2 aromatic carbocycles. The van der Waals surface area contributed by atoms with Crippen LogP contribution >= 0.6 is 0 Å². The van der Waals surface area contributed by atoms with Gasteiger partial charge in [-0.3, -0.25) is 9.36 Å². The Kier molecular flexibility index (Phi) is 3.99. The second-order valence-electron chi connectivity index (χ2n) is 5.13. The second-order valence-corrected chi connectivity index (χ2v) is 5.13. The van der Waals surface area contributed by atoms with Crippen molar-refractivity contribution in [3.63, 3.8) is 0 Å². The number of hydrogen-bond acceptors (Lipinski definition) is 5. The van der Waals surface area contributed by atoms with Crippen molar-refractivity contribution in [3.05, 3.63) is 52.5 Å². The van der Waals surface area contributed by atoms with E-state index in [0.29, 0.717) is 33.8 Å². The first-order valence-corrected chi connectivity index (χ1v) is 7.16. The molecule has 1 heterocycles. The molecule has 3 rings (SSSR count). The zero-order chi connectivity index (χ0) is 17.3. The third-order valence-corrected chi connectivity index (χ3v) is 3.71. The number of carbonyl (C=O) groups is 1. The van der Waals surface area contributed by atoms with Gasteiger partial charge in [-0.15, -0.1) is 0 Å². The van der Waals surface area contributed by atoms with Crippen LogP contribution in [0.1, 0.15) is 10.4 Å². The smallest absolute Gasteiger partial charge is 0.419 e. The van der Waals surface area contributed by atoms with Gasteiger partial charge in [-0.25, -0.2) is 4.79 Å². The van der Waals surface area contributed by atoms with E-state index in [1.54, 1.807) is 50.6 Å². The number of fused-ring (bicyclic) bond motifs is 1. The lowest BCUT2D eigenvalue weighted by Gasteiger charge is -2.11. The topological polar surface area (TPSA) is 82.7 Å². The van der Waals surface area contributed by atoms with Crippen molar-refractivity contribution >= 4 is 22.7 Å². The molecule has 124 valence electrons. The molecule has 1 N–H and O–H groups in total. The highest BCUT2D eigenvalue weighted by molar-refractivity contribution is 6.06. The third kappa shape index (κ3) is 2.71. The molecule has 0 atom stereocenters. The fourth-order valence-electron chi connectivity index (χ4n) is 2.37. The Bertz CT molecular complexity index is 971. The largest absolute Gasteiger partial charge is 0.497 e. The Labute approximate surface area is 137 Å². The Hall–Kier alpha value is -3.22. The van der Waals surface area contributed by atoms with Gasteiger partial charge in [-0.2, -0.15) is 0 Å². The molecule has 0 fully saturated rings. The summed E-state index contributed by atoms with van der Waals surface area (Å²) < 4.78 is 16.8. The number of methoxy groups -OCH3 is 2. The molecule has 7 nitrogen and oxygen atoms in total. The molecule has 0 radical (unpaired) electrons. The van der Waals surface area contributed by atoms with Crippen LogP contribution in [0.15, 0.2) is 45.6 Å². The number of ether oxygens (including phenoxy) is 2. The second kappa shape index (κ2) is 6.11. The summed E-state index contributed by atoms with van der Waals surface area (Å²) in [4.78, 5) is 24.0. The van der Waals surface area contributed by atoms with E-state index in [4.69, 9.17) is 13.9 Å². The van der Waals surface area contributed by atoms with Gasteiger partial charge < -0.3 is 19.2 Å². The zero-order valence-electron chi connectivity index (χ0n) is 13.5. The van der Waals surface area contributed by atoms with Crippen molar-refractivity contribution in [2.75, 3.05) is 19.5 Å². The number of anilines is 1. The van der Waals surface area contributed by atoms with Gasteiger partial charge in [0.05, 0.1) is 25.4 Å². The lowest BCUT2D eigenvalue weighted by molar-refractivity contribution is 0.102. The maximum absolute atomic E-state index is 12.5. The van der Waals surface area contributed by atoms with Gasteiger partial charge in [0.2, 0.25) is 0 Å². The number of oxazole rings is 1. The molecule has 1 aromatic heterocycles. The van der Waals surface area contributed by atoms with Crippen molar-refractivity contribution in [2.45, 2.75) is 0 Å². The fraction of sp³-hybridized carbons (Fsp3) is 0.176. The summed E-state index contributed by atoms with van der Waals surface area (Å²) in [6.07, 6.45) is 0. The molecule has 0 saturated heterocycles. The van der Waals surface area contributed by atoms with Crippen molar-refractivity contribution in [1.29, 1.82) is 0 Å². The molecule has 0 aliphatic rings. The van der Waals surface area contributed by atoms with Gasteiger partial charge in [0.25, 0.3) is 5.91 Å². The maximum atomic E-state index is 12.5. The van der Waals surface area contributed by atoms with Gasteiger partial charge in [-0.1, -0.05) is 0 Å². The zero-order valence-corrected chi connectivity index (χ0v) is 13.5. The van der Waals surface area contributed by atoms with Crippen LogP contribution in [0.4, 0.5) is 5.69 Å². The Morgan fingerprint density at radius 1 is 1.12 bits per heavy atom. The molecular formula is C17H16N2O5. The highest BCUT2D eigenvalue weighted by Crippen LogP contribution is 2.29. The summed E-state index contributed by atoms with van der Waals surface area (Å²) in [5.74, 6) is 0.300. The van der Waals surface area contributed by atoms with Crippen LogP contribution in [-0.4, -0.2) is 24.7 Å². The molecule has 7 heteroatoms. The number of nitrogens with one attached hydrogen (secondary N) is 1. The van der Waals surface area contributed by atoms with Crippen LogP contribution < -0.4 is 20.5 Å². The number of carbonyl (C=O) groups excluding carboxylic acids is 1. The minimum Gasteiger partial charge on any atom is -0.497 e. The average Bonchev–Trinajstić information content (AvgIpc) is 2.88. The van der Waals surface area contributed by atoms with Crippen molar-refractivity contribution in [3.8, 4) is 11.5 Å². The van der Waals surface area contributed by atoms with Crippen molar-refractivity contribution in [1.82, 2.24) is 4.57 Å². The number of nitrogens with zero attached hydrogens (tertiary/aromatic N) is 1.